The fourth-order valence-corrected chi connectivity index (χ4v) is 8.92. The van der Waals surface area contributed by atoms with Gasteiger partial charge in [-0.15, -0.1) is 0 Å². The first-order valence-corrected chi connectivity index (χ1v) is 30.1. The quantitative estimate of drug-likeness (QED) is 0.0264. The zero-order valence-corrected chi connectivity index (χ0v) is 45.2. The molecule has 3 N–H and O–H groups in total. The van der Waals surface area contributed by atoms with E-state index in [0.717, 1.165) is 70.6 Å². The van der Waals surface area contributed by atoms with Gasteiger partial charge in [0.15, 0.2) is 6.10 Å². The third kappa shape index (κ3) is 53.3. The van der Waals surface area contributed by atoms with Gasteiger partial charge < -0.3 is 20.1 Å². The summed E-state index contributed by atoms with van der Waals surface area (Å²) in [6.07, 6.45) is 66.1. The number of rotatable bonds is 54. The van der Waals surface area contributed by atoms with Gasteiger partial charge in [-0.05, 0) is 70.6 Å². The van der Waals surface area contributed by atoms with E-state index in [1.807, 2.05) is 0 Å². The molecular weight excluding hydrogens is 870 g/mol. The number of phosphoric ester groups is 1. The van der Waals surface area contributed by atoms with Crippen LogP contribution in [0.3, 0.4) is 0 Å². The second-order valence-electron chi connectivity index (χ2n) is 19.2. The van der Waals surface area contributed by atoms with E-state index in [-0.39, 0.29) is 32.6 Å². The molecule has 0 fully saturated rings. The second kappa shape index (κ2) is 54.3. The molecule has 2 atom stereocenters. The van der Waals surface area contributed by atoms with E-state index in [0.29, 0.717) is 6.42 Å². The molecule has 0 aromatic heterocycles. The van der Waals surface area contributed by atoms with Crippen LogP contribution in [0.15, 0.2) is 48.6 Å². The Bertz CT molecular complexity index is 1250. The molecule has 398 valence electrons. The van der Waals surface area contributed by atoms with Gasteiger partial charge in [0.05, 0.1) is 13.2 Å². The highest BCUT2D eigenvalue weighted by atomic mass is 31.2. The van der Waals surface area contributed by atoms with Crippen LogP contribution in [-0.4, -0.2) is 49.3 Å². The van der Waals surface area contributed by atoms with Crippen molar-refractivity contribution in [3.63, 3.8) is 0 Å². The molecule has 0 spiro atoms. The Labute approximate surface area is 419 Å². The van der Waals surface area contributed by atoms with Gasteiger partial charge in [0, 0.05) is 19.4 Å². The van der Waals surface area contributed by atoms with E-state index >= 15 is 0 Å². The summed E-state index contributed by atoms with van der Waals surface area (Å²) in [5.74, 6) is -0.835. The lowest BCUT2D eigenvalue weighted by molar-refractivity contribution is -0.161. The topological polar surface area (TPSA) is 134 Å². The molecule has 0 rings (SSSR count). The number of ether oxygens (including phenoxy) is 2. The van der Waals surface area contributed by atoms with Gasteiger partial charge in [0.2, 0.25) is 0 Å². The predicted molar refractivity (Wildman–Crippen MR) is 289 cm³/mol. The molecule has 0 aliphatic heterocycles. The first-order chi connectivity index (χ1) is 33.3. The summed E-state index contributed by atoms with van der Waals surface area (Å²) >= 11 is 0. The lowest BCUT2D eigenvalue weighted by Crippen LogP contribution is -2.29. The summed E-state index contributed by atoms with van der Waals surface area (Å²) in [5, 5.41) is 0. The van der Waals surface area contributed by atoms with Crippen LogP contribution < -0.4 is 5.73 Å². The predicted octanol–water partition coefficient (Wildman–Crippen LogP) is 17.8. The first kappa shape index (κ1) is 66.0. The molecular formula is C58H108NO8P. The minimum absolute atomic E-state index is 0.0517. The second-order valence-corrected chi connectivity index (χ2v) is 20.6. The van der Waals surface area contributed by atoms with Crippen LogP contribution in [0.25, 0.3) is 0 Å². The number of unbranched alkanes of at least 4 members (excludes halogenated alkanes) is 33. The van der Waals surface area contributed by atoms with E-state index in [1.54, 1.807) is 0 Å². The molecule has 0 bridgehead atoms. The fraction of sp³-hybridized carbons (Fsp3) is 0.828. The van der Waals surface area contributed by atoms with Gasteiger partial charge in [0.1, 0.15) is 6.61 Å². The molecule has 0 radical (unpaired) electrons. The Hall–Kier alpha value is -2.03. The van der Waals surface area contributed by atoms with Crippen LogP contribution in [0.2, 0.25) is 0 Å². The van der Waals surface area contributed by atoms with E-state index in [2.05, 4.69) is 62.5 Å². The number of hydrogen-bond acceptors (Lipinski definition) is 8. The van der Waals surface area contributed by atoms with Crippen molar-refractivity contribution in [1.82, 2.24) is 0 Å². The number of esters is 2. The molecule has 68 heavy (non-hydrogen) atoms. The maximum Gasteiger partial charge on any atom is 0.472 e. The van der Waals surface area contributed by atoms with Gasteiger partial charge in [-0.1, -0.05) is 242 Å². The standard InChI is InChI=1S/C58H108NO8P/c1-3-5-7-9-11-13-15-17-19-20-21-22-23-24-25-26-27-28-29-30-31-32-33-34-35-36-37-39-41-43-45-47-49-51-58(61)67-56(55-66-68(62,63)65-53-52-59)54-64-57(60)50-48-46-44-42-40-38-18-16-14-12-10-8-6-4-2/h10,12,15-18,20-21,56H,3-9,11,13-14,19,22-55,59H2,1-2H3,(H,62,63)/b12-10-,17-15-,18-16-,21-20-. The van der Waals surface area contributed by atoms with E-state index in [4.69, 9.17) is 24.3 Å². The average Bonchev–Trinajstić information content (AvgIpc) is 3.33. The lowest BCUT2D eigenvalue weighted by atomic mass is 10.0. The SMILES string of the molecule is CCCC/C=C\C/C=C\CCCCCCCC(=O)OCC(COP(=O)(O)OCCN)OC(=O)CCCCCCCCCCCCCCCCCCCCCCC/C=C\C/C=C\CCCCCCC. The number of carbonyl (C=O) groups excluding carboxylic acids is 2. The summed E-state index contributed by atoms with van der Waals surface area (Å²) in [7, 11) is -4.39. The third-order valence-electron chi connectivity index (χ3n) is 12.4. The first-order valence-electron chi connectivity index (χ1n) is 28.6. The normalized spacial score (nSPS) is 13.4. The summed E-state index contributed by atoms with van der Waals surface area (Å²) in [4.78, 5) is 35.1. The van der Waals surface area contributed by atoms with Crippen molar-refractivity contribution in [2.24, 2.45) is 5.73 Å². The Morgan fingerprint density at radius 2 is 0.779 bits per heavy atom. The summed E-state index contributed by atoms with van der Waals surface area (Å²) < 4.78 is 32.9. The summed E-state index contributed by atoms with van der Waals surface area (Å²) in [6.45, 7) is 3.70. The minimum atomic E-state index is -4.39. The van der Waals surface area contributed by atoms with Gasteiger partial charge >= 0.3 is 19.8 Å². The van der Waals surface area contributed by atoms with Crippen molar-refractivity contribution in [3.8, 4) is 0 Å². The molecule has 0 amide bonds. The van der Waals surface area contributed by atoms with Gasteiger partial charge in [-0.3, -0.25) is 18.6 Å². The summed E-state index contributed by atoms with van der Waals surface area (Å²) in [5.41, 5.74) is 5.37. The Kier molecular flexibility index (Phi) is 52.7. The molecule has 0 heterocycles. The smallest absolute Gasteiger partial charge is 0.462 e. The third-order valence-corrected chi connectivity index (χ3v) is 13.4. The van der Waals surface area contributed by atoms with Crippen LogP contribution in [-0.2, 0) is 32.7 Å². The maximum absolute atomic E-state index is 12.7. The van der Waals surface area contributed by atoms with Gasteiger partial charge in [0.25, 0.3) is 0 Å². The van der Waals surface area contributed by atoms with Crippen LogP contribution in [0.1, 0.15) is 277 Å². The number of carbonyl (C=O) groups is 2. The van der Waals surface area contributed by atoms with Crippen molar-refractivity contribution < 1.29 is 37.6 Å². The average molecular weight is 978 g/mol. The molecule has 0 aromatic carbocycles. The maximum atomic E-state index is 12.7. The van der Waals surface area contributed by atoms with Crippen LogP contribution in [0.5, 0.6) is 0 Å². The van der Waals surface area contributed by atoms with E-state index in [1.165, 1.54) is 173 Å². The largest absolute Gasteiger partial charge is 0.472 e. The molecule has 0 saturated heterocycles. The molecule has 2 unspecified atom stereocenters. The number of phosphoric acid groups is 1. The molecule has 0 saturated carbocycles. The molecule has 0 aliphatic rings. The number of nitrogens with two attached hydrogens (primary N) is 1. The Balaban J connectivity index is 3.85. The monoisotopic (exact) mass is 978 g/mol. The van der Waals surface area contributed by atoms with E-state index < -0.39 is 32.5 Å². The highest BCUT2D eigenvalue weighted by Gasteiger charge is 2.26. The van der Waals surface area contributed by atoms with Crippen LogP contribution in [0, 0.1) is 0 Å². The molecule has 0 aromatic rings. The zero-order chi connectivity index (χ0) is 49.5. The zero-order valence-electron chi connectivity index (χ0n) is 44.3. The van der Waals surface area contributed by atoms with E-state index in [9.17, 15) is 19.0 Å². The van der Waals surface area contributed by atoms with Gasteiger partial charge in [-0.25, -0.2) is 4.57 Å². The lowest BCUT2D eigenvalue weighted by Gasteiger charge is -2.19. The Morgan fingerprint density at radius 1 is 0.441 bits per heavy atom. The summed E-state index contributed by atoms with van der Waals surface area (Å²) in [6, 6.07) is 0. The fourth-order valence-electron chi connectivity index (χ4n) is 8.15. The van der Waals surface area contributed by atoms with Crippen molar-refractivity contribution in [2.45, 2.75) is 283 Å². The van der Waals surface area contributed by atoms with Crippen LogP contribution in [0.4, 0.5) is 0 Å². The molecule has 0 aliphatic carbocycles. The Morgan fingerprint density at radius 3 is 1.16 bits per heavy atom. The van der Waals surface area contributed by atoms with Gasteiger partial charge in [-0.2, -0.15) is 0 Å². The van der Waals surface area contributed by atoms with Crippen molar-refractivity contribution in [2.75, 3.05) is 26.4 Å². The molecule has 10 heteroatoms. The molecule has 9 nitrogen and oxygen atoms in total. The van der Waals surface area contributed by atoms with Crippen molar-refractivity contribution in [3.05, 3.63) is 48.6 Å². The van der Waals surface area contributed by atoms with Crippen molar-refractivity contribution >= 4 is 19.8 Å². The highest BCUT2D eigenvalue weighted by Crippen LogP contribution is 2.43. The van der Waals surface area contributed by atoms with Crippen LogP contribution >= 0.6 is 7.82 Å². The number of allylic oxidation sites excluding steroid dienone is 8. The number of hydrogen-bond donors (Lipinski definition) is 2. The minimum Gasteiger partial charge on any atom is -0.462 e. The highest BCUT2D eigenvalue weighted by molar-refractivity contribution is 7.47. The van der Waals surface area contributed by atoms with Crippen molar-refractivity contribution in [1.29, 1.82) is 0 Å².